The molecule has 0 saturated heterocycles. The number of carbonyl (C=O) groups is 1. The molecule has 8 heteroatoms. The van der Waals surface area contributed by atoms with Crippen molar-refractivity contribution in [2.24, 2.45) is 0 Å². The predicted octanol–water partition coefficient (Wildman–Crippen LogP) is 4.37. The highest BCUT2D eigenvalue weighted by molar-refractivity contribution is 6.11. The topological polar surface area (TPSA) is 92.7 Å². The highest BCUT2D eigenvalue weighted by Gasteiger charge is 2.33. The molecule has 2 aromatic rings. The van der Waals surface area contributed by atoms with Crippen LogP contribution in [0.1, 0.15) is 41.8 Å². The molecule has 0 bridgehead atoms. The Labute approximate surface area is 193 Å². The Bertz CT molecular complexity index is 1030. The molecule has 0 spiro atoms. The molecule has 0 unspecified atom stereocenters. The number of phenols is 1. The first-order valence-corrected chi connectivity index (χ1v) is 10.5. The van der Waals surface area contributed by atoms with Crippen molar-refractivity contribution in [2.75, 3.05) is 34.9 Å². The molecule has 1 heterocycles. The number of hydrogen-bond acceptors (Lipinski definition) is 8. The van der Waals surface area contributed by atoms with Gasteiger partial charge < -0.3 is 33.5 Å². The van der Waals surface area contributed by atoms with Gasteiger partial charge in [-0.25, -0.2) is 0 Å². The van der Waals surface area contributed by atoms with E-state index in [1.807, 2.05) is 13.8 Å². The Hall–Kier alpha value is -3.23. The number of benzene rings is 2. The molecule has 3 rings (SSSR count). The van der Waals surface area contributed by atoms with E-state index >= 15 is 0 Å². The minimum atomic E-state index is -0.462. The highest BCUT2D eigenvalue weighted by Crippen LogP contribution is 2.45. The predicted molar refractivity (Wildman–Crippen MR) is 123 cm³/mol. The van der Waals surface area contributed by atoms with Crippen LogP contribution in [0.3, 0.4) is 0 Å². The van der Waals surface area contributed by atoms with E-state index < -0.39 is 5.60 Å². The molecule has 0 aliphatic carbocycles. The van der Waals surface area contributed by atoms with Gasteiger partial charge in [0, 0.05) is 25.8 Å². The van der Waals surface area contributed by atoms with Gasteiger partial charge >= 0.3 is 0 Å². The summed E-state index contributed by atoms with van der Waals surface area (Å²) in [7, 11) is 4.57. The third kappa shape index (κ3) is 5.77. The van der Waals surface area contributed by atoms with Crippen molar-refractivity contribution in [3.05, 3.63) is 47.0 Å². The lowest BCUT2D eigenvalue weighted by molar-refractivity contribution is 0.0322. The molecular weight excluding hydrogens is 428 g/mol. The fourth-order valence-electron chi connectivity index (χ4n) is 3.55. The van der Waals surface area contributed by atoms with Crippen LogP contribution < -0.4 is 18.9 Å². The maximum Gasteiger partial charge on any atom is 0.193 e. The number of fused-ring (bicyclic) bond motifs is 1. The van der Waals surface area contributed by atoms with Gasteiger partial charge in [-0.15, -0.1) is 0 Å². The molecular formula is C25H30O8. The quantitative estimate of drug-likeness (QED) is 0.319. The standard InChI is InChI=1S/C25H30O8/c1-25(2)11-10-17-21(30-5)13-19(27)23(24(17)33-25)18(26)8-6-16-7-9-20(31-14-28-3)22(12-16)32-15-29-4/h6-9,12-13,27H,10-11,14-15H2,1-5H3/b8-6+. The Balaban J connectivity index is 1.92. The number of rotatable bonds is 10. The van der Waals surface area contributed by atoms with Gasteiger partial charge in [0.25, 0.3) is 0 Å². The molecule has 2 aromatic carbocycles. The number of phenolic OH excluding ortho intramolecular Hbond substituents is 1. The number of carbonyl (C=O) groups excluding carboxylic acids is 1. The van der Waals surface area contributed by atoms with E-state index in [0.717, 1.165) is 12.0 Å². The molecule has 1 aliphatic rings. The average molecular weight is 459 g/mol. The molecule has 1 N–H and O–H groups in total. The molecule has 0 fully saturated rings. The van der Waals surface area contributed by atoms with Crippen LogP contribution in [0, 0.1) is 0 Å². The Kier molecular flexibility index (Phi) is 7.84. The van der Waals surface area contributed by atoms with Crippen LogP contribution in [0.2, 0.25) is 0 Å². The maximum absolute atomic E-state index is 13.1. The van der Waals surface area contributed by atoms with E-state index in [0.29, 0.717) is 35.0 Å². The monoisotopic (exact) mass is 458 g/mol. The summed E-state index contributed by atoms with van der Waals surface area (Å²) in [5.74, 6) is 1.22. The number of methoxy groups -OCH3 is 3. The van der Waals surface area contributed by atoms with E-state index in [1.54, 1.807) is 24.3 Å². The second-order valence-electron chi connectivity index (χ2n) is 8.15. The number of allylic oxidation sites excluding steroid dienone is 1. The van der Waals surface area contributed by atoms with E-state index in [2.05, 4.69) is 0 Å². The van der Waals surface area contributed by atoms with Gasteiger partial charge in [0.05, 0.1) is 7.11 Å². The normalized spacial score (nSPS) is 14.5. The zero-order valence-corrected chi connectivity index (χ0v) is 19.6. The summed E-state index contributed by atoms with van der Waals surface area (Å²) in [6, 6.07) is 6.67. The minimum Gasteiger partial charge on any atom is -0.507 e. The summed E-state index contributed by atoms with van der Waals surface area (Å²) in [4.78, 5) is 13.1. The van der Waals surface area contributed by atoms with Crippen molar-refractivity contribution in [2.45, 2.75) is 32.3 Å². The molecule has 0 saturated carbocycles. The fraction of sp³-hybridized carbons (Fsp3) is 0.400. The van der Waals surface area contributed by atoms with Crippen molar-refractivity contribution in [1.29, 1.82) is 0 Å². The van der Waals surface area contributed by atoms with E-state index in [-0.39, 0.29) is 30.7 Å². The Morgan fingerprint density at radius 2 is 1.76 bits per heavy atom. The second-order valence-corrected chi connectivity index (χ2v) is 8.15. The van der Waals surface area contributed by atoms with Crippen LogP contribution in [0.5, 0.6) is 28.7 Å². The first kappa shape index (κ1) is 24.4. The largest absolute Gasteiger partial charge is 0.507 e. The van der Waals surface area contributed by atoms with Crippen LogP contribution in [0.4, 0.5) is 0 Å². The zero-order valence-electron chi connectivity index (χ0n) is 19.6. The van der Waals surface area contributed by atoms with Gasteiger partial charge in [0.2, 0.25) is 0 Å². The number of aromatic hydroxyl groups is 1. The van der Waals surface area contributed by atoms with Crippen LogP contribution in [-0.4, -0.2) is 51.4 Å². The van der Waals surface area contributed by atoms with Crippen molar-refractivity contribution < 1.29 is 38.3 Å². The molecule has 0 atom stereocenters. The van der Waals surface area contributed by atoms with Crippen molar-refractivity contribution in [1.82, 2.24) is 0 Å². The zero-order chi connectivity index (χ0) is 24.0. The van der Waals surface area contributed by atoms with Crippen LogP contribution in [0.25, 0.3) is 6.08 Å². The molecule has 1 aliphatic heterocycles. The smallest absolute Gasteiger partial charge is 0.193 e. The lowest BCUT2D eigenvalue weighted by Gasteiger charge is -2.34. The van der Waals surface area contributed by atoms with Crippen molar-refractivity contribution >= 4 is 11.9 Å². The Morgan fingerprint density at radius 1 is 1.06 bits per heavy atom. The first-order valence-electron chi connectivity index (χ1n) is 10.5. The van der Waals surface area contributed by atoms with Gasteiger partial charge in [-0.3, -0.25) is 4.79 Å². The second kappa shape index (κ2) is 10.6. The summed E-state index contributed by atoms with van der Waals surface area (Å²) in [5.41, 5.74) is 1.13. The van der Waals surface area contributed by atoms with Crippen LogP contribution >= 0.6 is 0 Å². The van der Waals surface area contributed by atoms with Gasteiger partial charge in [0.1, 0.15) is 28.4 Å². The van der Waals surface area contributed by atoms with Gasteiger partial charge in [-0.1, -0.05) is 12.1 Å². The molecule has 178 valence electrons. The molecule has 0 amide bonds. The molecule has 0 radical (unpaired) electrons. The van der Waals surface area contributed by atoms with Crippen molar-refractivity contribution in [3.8, 4) is 28.7 Å². The SMILES string of the molecule is COCOc1ccc(/C=C/C(=O)c2c(O)cc(OC)c3c2OC(C)(C)CC3)cc1OCOC. The third-order valence-corrected chi connectivity index (χ3v) is 5.20. The summed E-state index contributed by atoms with van der Waals surface area (Å²) in [6.07, 6.45) is 4.47. The summed E-state index contributed by atoms with van der Waals surface area (Å²) < 4.78 is 32.5. The first-order chi connectivity index (χ1) is 15.8. The summed E-state index contributed by atoms with van der Waals surface area (Å²) in [6.45, 7) is 4.00. The molecule has 0 aromatic heterocycles. The number of ether oxygens (including phenoxy) is 6. The van der Waals surface area contributed by atoms with E-state index in [1.165, 1.54) is 33.5 Å². The average Bonchev–Trinajstić information content (AvgIpc) is 2.79. The van der Waals surface area contributed by atoms with Crippen molar-refractivity contribution in [3.63, 3.8) is 0 Å². The summed E-state index contributed by atoms with van der Waals surface area (Å²) >= 11 is 0. The minimum absolute atomic E-state index is 0.0361. The van der Waals surface area contributed by atoms with E-state index in [9.17, 15) is 9.90 Å². The fourth-order valence-corrected chi connectivity index (χ4v) is 3.55. The molecule has 33 heavy (non-hydrogen) atoms. The third-order valence-electron chi connectivity index (χ3n) is 5.20. The number of ketones is 1. The van der Waals surface area contributed by atoms with Gasteiger partial charge in [-0.2, -0.15) is 0 Å². The van der Waals surface area contributed by atoms with Gasteiger partial charge in [0.15, 0.2) is 30.9 Å². The van der Waals surface area contributed by atoms with Gasteiger partial charge in [-0.05, 0) is 50.5 Å². The highest BCUT2D eigenvalue weighted by atomic mass is 16.7. The van der Waals surface area contributed by atoms with Crippen LogP contribution in [-0.2, 0) is 15.9 Å². The number of hydrogen-bond donors (Lipinski definition) is 1. The lowest BCUT2D eigenvalue weighted by Crippen LogP contribution is -2.33. The summed E-state index contributed by atoms with van der Waals surface area (Å²) in [5, 5.41) is 10.6. The van der Waals surface area contributed by atoms with E-state index in [4.69, 9.17) is 28.4 Å². The lowest BCUT2D eigenvalue weighted by atomic mass is 9.90. The van der Waals surface area contributed by atoms with Crippen LogP contribution in [0.15, 0.2) is 30.3 Å². The maximum atomic E-state index is 13.1. The Morgan fingerprint density at radius 3 is 2.42 bits per heavy atom. The molecule has 8 nitrogen and oxygen atoms in total.